The normalized spacial score (nSPS) is 11.0. The van der Waals surface area contributed by atoms with Crippen LogP contribution < -0.4 is 5.32 Å². The number of carbonyl (C=O) groups is 1. The van der Waals surface area contributed by atoms with Gasteiger partial charge in [-0.3, -0.25) is 4.79 Å². The highest BCUT2D eigenvalue weighted by atomic mass is 19.4. The number of imidazole rings is 1. The number of fused-ring (bicyclic) bond motifs is 1. The van der Waals surface area contributed by atoms with Crippen molar-refractivity contribution in [1.82, 2.24) is 14.9 Å². The van der Waals surface area contributed by atoms with Crippen molar-refractivity contribution in [2.75, 3.05) is 6.54 Å². The number of alkyl halides is 3. The second-order valence-electron chi connectivity index (χ2n) is 5.48. The fourth-order valence-electron chi connectivity index (χ4n) is 2.47. The van der Waals surface area contributed by atoms with Crippen LogP contribution in [0.25, 0.3) is 11.0 Å². The Morgan fingerprint density at radius 2 is 1.85 bits per heavy atom. The van der Waals surface area contributed by atoms with Gasteiger partial charge in [0.1, 0.15) is 6.54 Å². The molecule has 3 aromatic rings. The van der Waals surface area contributed by atoms with Crippen LogP contribution in [0, 0.1) is 11.8 Å². The van der Waals surface area contributed by atoms with E-state index in [9.17, 15) is 18.0 Å². The van der Waals surface area contributed by atoms with Gasteiger partial charge in [0.25, 0.3) is 0 Å². The Balaban J connectivity index is 1.61. The van der Waals surface area contributed by atoms with Crippen LogP contribution >= 0.6 is 0 Å². The number of nitrogens with one attached hydrogen (secondary N) is 1. The Morgan fingerprint density at radius 3 is 2.65 bits per heavy atom. The van der Waals surface area contributed by atoms with Crippen molar-refractivity contribution in [3.8, 4) is 11.8 Å². The summed E-state index contributed by atoms with van der Waals surface area (Å²) in [6, 6.07) is 12.5. The summed E-state index contributed by atoms with van der Waals surface area (Å²) in [6.07, 6.45) is -2.90. The first-order chi connectivity index (χ1) is 12.4. The van der Waals surface area contributed by atoms with Crippen LogP contribution in [0.5, 0.6) is 0 Å². The van der Waals surface area contributed by atoms with E-state index >= 15 is 0 Å². The predicted molar refractivity (Wildman–Crippen MR) is 91.1 cm³/mol. The van der Waals surface area contributed by atoms with Crippen molar-refractivity contribution in [3.05, 3.63) is 66.0 Å². The maximum Gasteiger partial charge on any atom is 0.417 e. The highest BCUT2D eigenvalue weighted by Crippen LogP contribution is 2.31. The molecule has 0 fully saturated rings. The highest BCUT2D eigenvalue weighted by molar-refractivity contribution is 5.80. The number of halogens is 3. The minimum Gasteiger partial charge on any atom is -0.344 e. The van der Waals surface area contributed by atoms with Gasteiger partial charge in [0.2, 0.25) is 5.91 Å². The van der Waals surface area contributed by atoms with Gasteiger partial charge in [0.05, 0.1) is 29.5 Å². The molecule has 2 aromatic carbocycles. The molecular weight excluding hydrogens is 343 g/mol. The molecule has 0 aliphatic carbocycles. The fraction of sp³-hybridized carbons (Fsp3) is 0.158. The van der Waals surface area contributed by atoms with Crippen molar-refractivity contribution in [2.24, 2.45) is 0 Å². The van der Waals surface area contributed by atoms with E-state index in [0.717, 1.165) is 17.1 Å². The fourth-order valence-corrected chi connectivity index (χ4v) is 2.47. The molecule has 4 nitrogen and oxygen atoms in total. The number of nitrogens with zero attached hydrogens (tertiary/aromatic N) is 2. The number of aromatic nitrogens is 2. The van der Waals surface area contributed by atoms with Crippen LogP contribution in [-0.4, -0.2) is 22.0 Å². The number of rotatable bonds is 3. The van der Waals surface area contributed by atoms with Crippen molar-refractivity contribution in [1.29, 1.82) is 0 Å². The summed E-state index contributed by atoms with van der Waals surface area (Å²) in [6.45, 7) is 0.0129. The lowest BCUT2D eigenvalue weighted by atomic mass is 10.1. The number of amides is 1. The molecule has 26 heavy (non-hydrogen) atoms. The third-order valence-corrected chi connectivity index (χ3v) is 3.67. The molecule has 0 saturated heterocycles. The van der Waals surface area contributed by atoms with Crippen LogP contribution in [0.1, 0.15) is 11.1 Å². The number of para-hydroxylation sites is 2. The minimum atomic E-state index is -4.46. The first-order valence-electron chi connectivity index (χ1n) is 7.77. The van der Waals surface area contributed by atoms with E-state index in [0.29, 0.717) is 0 Å². The predicted octanol–water partition coefficient (Wildman–Crippen LogP) is 3.22. The van der Waals surface area contributed by atoms with Gasteiger partial charge in [-0.1, -0.05) is 36.1 Å². The largest absolute Gasteiger partial charge is 0.417 e. The number of hydrogen-bond acceptors (Lipinski definition) is 2. The zero-order chi connectivity index (χ0) is 18.6. The first kappa shape index (κ1) is 17.5. The van der Waals surface area contributed by atoms with Crippen molar-refractivity contribution >= 4 is 16.9 Å². The summed E-state index contributed by atoms with van der Waals surface area (Å²) < 4.78 is 40.3. The first-order valence-corrected chi connectivity index (χ1v) is 7.77. The molecule has 1 heterocycles. The van der Waals surface area contributed by atoms with Crippen molar-refractivity contribution < 1.29 is 18.0 Å². The molecule has 0 spiro atoms. The van der Waals surface area contributed by atoms with E-state index in [1.165, 1.54) is 18.2 Å². The van der Waals surface area contributed by atoms with E-state index in [-0.39, 0.29) is 24.6 Å². The Kier molecular flexibility index (Phi) is 4.94. The zero-order valence-electron chi connectivity index (χ0n) is 13.5. The van der Waals surface area contributed by atoms with E-state index < -0.39 is 11.7 Å². The number of carbonyl (C=O) groups excluding carboxylic acids is 1. The van der Waals surface area contributed by atoms with E-state index in [1.54, 1.807) is 10.9 Å². The lowest BCUT2D eigenvalue weighted by Gasteiger charge is -2.08. The number of hydrogen-bond donors (Lipinski definition) is 1. The van der Waals surface area contributed by atoms with Gasteiger partial charge in [-0.15, -0.1) is 0 Å². The molecule has 132 valence electrons. The zero-order valence-corrected chi connectivity index (χ0v) is 13.5. The average molecular weight is 357 g/mol. The molecule has 0 unspecified atom stereocenters. The molecule has 0 atom stereocenters. The lowest BCUT2D eigenvalue weighted by Crippen LogP contribution is -2.27. The van der Waals surface area contributed by atoms with Gasteiger partial charge in [-0.25, -0.2) is 4.98 Å². The Morgan fingerprint density at radius 1 is 1.12 bits per heavy atom. The van der Waals surface area contributed by atoms with Gasteiger partial charge in [0.15, 0.2) is 0 Å². The average Bonchev–Trinajstić information content (AvgIpc) is 3.01. The van der Waals surface area contributed by atoms with E-state index in [1.807, 2.05) is 24.3 Å². The third-order valence-electron chi connectivity index (χ3n) is 3.67. The van der Waals surface area contributed by atoms with Crippen molar-refractivity contribution in [2.45, 2.75) is 12.7 Å². The molecular formula is C19H14F3N3O. The Hall–Kier alpha value is -3.27. The topological polar surface area (TPSA) is 46.9 Å². The van der Waals surface area contributed by atoms with Gasteiger partial charge >= 0.3 is 6.18 Å². The van der Waals surface area contributed by atoms with Crippen LogP contribution in [0.4, 0.5) is 13.2 Å². The van der Waals surface area contributed by atoms with Crippen LogP contribution in [0.15, 0.2) is 54.9 Å². The van der Waals surface area contributed by atoms with E-state index in [4.69, 9.17) is 0 Å². The summed E-state index contributed by atoms with van der Waals surface area (Å²) in [5.41, 5.74) is 0.704. The van der Waals surface area contributed by atoms with Crippen LogP contribution in [-0.2, 0) is 17.5 Å². The van der Waals surface area contributed by atoms with Crippen LogP contribution in [0.3, 0.4) is 0 Å². The quantitative estimate of drug-likeness (QED) is 0.732. The molecule has 1 amide bonds. The highest BCUT2D eigenvalue weighted by Gasteiger charge is 2.32. The summed E-state index contributed by atoms with van der Waals surface area (Å²) in [7, 11) is 0. The molecule has 3 rings (SSSR count). The molecule has 0 bridgehead atoms. The molecule has 0 aliphatic heterocycles. The Bertz CT molecular complexity index is 996. The Labute approximate surface area is 147 Å². The van der Waals surface area contributed by atoms with Gasteiger partial charge in [-0.05, 0) is 24.3 Å². The molecule has 0 radical (unpaired) electrons. The summed E-state index contributed by atoms with van der Waals surface area (Å²) in [5, 5.41) is 2.57. The van der Waals surface area contributed by atoms with E-state index in [2.05, 4.69) is 22.1 Å². The van der Waals surface area contributed by atoms with Gasteiger partial charge in [0, 0.05) is 5.56 Å². The number of benzene rings is 2. The lowest BCUT2D eigenvalue weighted by molar-refractivity contribution is -0.137. The second kappa shape index (κ2) is 7.31. The molecule has 7 heteroatoms. The standard InChI is InChI=1S/C19H14F3N3O/c20-19(21,22)15-8-2-1-6-14(15)7-5-11-23-18(26)12-25-13-24-16-9-3-4-10-17(16)25/h1-4,6,8-10,13H,11-12H2,(H,23,26). The van der Waals surface area contributed by atoms with Gasteiger partial charge < -0.3 is 9.88 Å². The molecule has 0 aliphatic rings. The maximum atomic E-state index is 12.9. The second-order valence-corrected chi connectivity index (χ2v) is 5.48. The van der Waals surface area contributed by atoms with Crippen molar-refractivity contribution in [3.63, 3.8) is 0 Å². The van der Waals surface area contributed by atoms with Gasteiger partial charge in [-0.2, -0.15) is 13.2 Å². The summed E-state index contributed by atoms with van der Waals surface area (Å²) in [4.78, 5) is 16.2. The minimum absolute atomic E-state index is 0.0440. The maximum absolute atomic E-state index is 12.9. The molecule has 1 N–H and O–H groups in total. The monoisotopic (exact) mass is 357 g/mol. The summed E-state index contributed by atoms with van der Waals surface area (Å²) >= 11 is 0. The third kappa shape index (κ3) is 4.03. The smallest absolute Gasteiger partial charge is 0.344 e. The summed E-state index contributed by atoms with van der Waals surface area (Å²) in [5.74, 6) is 4.72. The molecule has 0 saturated carbocycles. The SMILES string of the molecule is O=C(Cn1cnc2ccccc21)NCC#Cc1ccccc1C(F)(F)F. The molecule has 1 aromatic heterocycles. The van der Waals surface area contributed by atoms with Crippen LogP contribution in [0.2, 0.25) is 0 Å².